The van der Waals surface area contributed by atoms with E-state index in [1.807, 2.05) is 0 Å². The third kappa shape index (κ3) is 3.83. The summed E-state index contributed by atoms with van der Waals surface area (Å²) in [6, 6.07) is 0. The van der Waals surface area contributed by atoms with Crippen LogP contribution in [0.5, 0.6) is 0 Å². The highest BCUT2D eigenvalue weighted by molar-refractivity contribution is 5.86. The van der Waals surface area contributed by atoms with Crippen LogP contribution in [0.15, 0.2) is 11.4 Å². The Hall–Kier alpha value is -0.860. The van der Waals surface area contributed by atoms with E-state index < -0.39 is 11.8 Å². The van der Waals surface area contributed by atoms with Crippen LogP contribution in [-0.4, -0.2) is 12.6 Å². The maximum atomic E-state index is 14.0. The van der Waals surface area contributed by atoms with Crippen molar-refractivity contribution in [2.24, 2.45) is 10.8 Å². The molecule has 1 fully saturated rings. The zero-order valence-electron chi connectivity index (χ0n) is 11.5. The highest BCUT2D eigenvalue weighted by Crippen LogP contribution is 2.49. The second-order valence-corrected chi connectivity index (χ2v) is 6.50. The Morgan fingerprint density at radius 1 is 1.24 bits per heavy atom. The van der Waals surface area contributed by atoms with Gasteiger partial charge in [0, 0.05) is 0 Å². The molecule has 0 radical (unpaired) electrons. The van der Waals surface area contributed by atoms with Gasteiger partial charge in [-0.05, 0) is 42.6 Å². The van der Waals surface area contributed by atoms with Crippen LogP contribution in [0.4, 0.5) is 4.39 Å². The van der Waals surface area contributed by atoms with E-state index >= 15 is 0 Å². The SMILES string of the molecule is CCOC(=O)C(F)=C1CC(C)(C)CC(C)(C)C1. The van der Waals surface area contributed by atoms with Crippen LogP contribution in [0.2, 0.25) is 0 Å². The molecule has 98 valence electrons. The molecule has 3 heteroatoms. The third-order valence-electron chi connectivity index (χ3n) is 3.11. The van der Waals surface area contributed by atoms with E-state index in [4.69, 9.17) is 4.74 Å². The summed E-state index contributed by atoms with van der Waals surface area (Å²) in [7, 11) is 0. The zero-order valence-corrected chi connectivity index (χ0v) is 11.5. The molecule has 0 aromatic heterocycles. The Morgan fingerprint density at radius 3 is 2.12 bits per heavy atom. The second kappa shape index (κ2) is 4.79. The molecule has 0 aromatic carbocycles. The largest absolute Gasteiger partial charge is 0.461 e. The zero-order chi connectivity index (χ0) is 13.3. The molecule has 0 spiro atoms. The molecular formula is C14H23FO2. The Kier molecular flexibility index (Phi) is 4.00. The fourth-order valence-corrected chi connectivity index (χ4v) is 3.13. The topological polar surface area (TPSA) is 26.3 Å². The molecule has 0 unspecified atom stereocenters. The van der Waals surface area contributed by atoms with E-state index in [1.54, 1.807) is 6.92 Å². The number of hydrogen-bond acceptors (Lipinski definition) is 2. The van der Waals surface area contributed by atoms with Crippen molar-refractivity contribution < 1.29 is 13.9 Å². The van der Waals surface area contributed by atoms with E-state index in [2.05, 4.69) is 27.7 Å². The minimum absolute atomic E-state index is 0.0426. The number of rotatable bonds is 2. The van der Waals surface area contributed by atoms with E-state index in [9.17, 15) is 9.18 Å². The molecule has 0 bridgehead atoms. The van der Waals surface area contributed by atoms with Gasteiger partial charge in [-0.3, -0.25) is 0 Å². The van der Waals surface area contributed by atoms with Crippen molar-refractivity contribution in [1.29, 1.82) is 0 Å². The highest BCUT2D eigenvalue weighted by Gasteiger charge is 2.38. The average Bonchev–Trinajstić information content (AvgIpc) is 2.12. The number of esters is 1. The van der Waals surface area contributed by atoms with Gasteiger partial charge >= 0.3 is 5.97 Å². The lowest BCUT2D eigenvalue weighted by Crippen LogP contribution is -2.31. The minimum Gasteiger partial charge on any atom is -0.461 e. The standard InChI is InChI=1S/C14H23FO2/c1-6-17-12(16)11(15)10-7-13(2,3)9-14(4,5)8-10/h6-9H2,1-5H3. The maximum Gasteiger partial charge on any atom is 0.367 e. The molecule has 0 aliphatic heterocycles. The summed E-state index contributed by atoms with van der Waals surface area (Å²) in [5.74, 6) is -1.48. The Balaban J connectivity index is 2.97. The first-order valence-corrected chi connectivity index (χ1v) is 6.21. The van der Waals surface area contributed by atoms with E-state index in [0.29, 0.717) is 18.4 Å². The molecule has 0 heterocycles. The molecule has 1 aliphatic rings. The van der Waals surface area contributed by atoms with E-state index in [0.717, 1.165) is 6.42 Å². The quantitative estimate of drug-likeness (QED) is 0.540. The van der Waals surface area contributed by atoms with Gasteiger partial charge in [0.1, 0.15) is 0 Å². The smallest absolute Gasteiger partial charge is 0.367 e. The van der Waals surface area contributed by atoms with Crippen molar-refractivity contribution in [2.45, 2.75) is 53.9 Å². The van der Waals surface area contributed by atoms with Gasteiger partial charge in [-0.15, -0.1) is 0 Å². The number of halogens is 1. The van der Waals surface area contributed by atoms with Crippen molar-refractivity contribution in [3.05, 3.63) is 11.4 Å². The molecule has 0 aromatic rings. The monoisotopic (exact) mass is 242 g/mol. The van der Waals surface area contributed by atoms with Crippen LogP contribution in [0.3, 0.4) is 0 Å². The Morgan fingerprint density at radius 2 is 1.71 bits per heavy atom. The third-order valence-corrected chi connectivity index (χ3v) is 3.11. The van der Waals surface area contributed by atoms with Crippen molar-refractivity contribution in [1.82, 2.24) is 0 Å². The molecule has 0 amide bonds. The summed E-state index contributed by atoms with van der Waals surface area (Å²) in [6.07, 6.45) is 2.32. The molecule has 17 heavy (non-hydrogen) atoms. The van der Waals surface area contributed by atoms with Crippen molar-refractivity contribution >= 4 is 5.97 Å². The molecule has 1 aliphatic carbocycles. The van der Waals surface area contributed by atoms with Gasteiger partial charge in [0.15, 0.2) is 0 Å². The van der Waals surface area contributed by atoms with Crippen LogP contribution >= 0.6 is 0 Å². The van der Waals surface area contributed by atoms with Gasteiger partial charge in [0.2, 0.25) is 5.83 Å². The molecular weight excluding hydrogens is 219 g/mol. The summed E-state index contributed by atoms with van der Waals surface area (Å²) in [4.78, 5) is 11.4. The van der Waals surface area contributed by atoms with Gasteiger partial charge in [0.25, 0.3) is 0 Å². The predicted molar refractivity (Wildman–Crippen MR) is 66.2 cm³/mol. The normalized spacial score (nSPS) is 22.1. The number of carbonyl (C=O) groups is 1. The summed E-state index contributed by atoms with van der Waals surface area (Å²) >= 11 is 0. The molecule has 1 saturated carbocycles. The Bertz CT molecular complexity index is 322. The van der Waals surface area contributed by atoms with Crippen LogP contribution in [0.1, 0.15) is 53.9 Å². The van der Waals surface area contributed by atoms with Crippen LogP contribution in [-0.2, 0) is 9.53 Å². The lowest BCUT2D eigenvalue weighted by Gasteiger charge is -2.42. The van der Waals surface area contributed by atoms with Gasteiger partial charge in [-0.2, -0.15) is 4.39 Å². The summed E-state index contributed by atoms with van der Waals surface area (Å²) in [5.41, 5.74) is 0.701. The first-order valence-electron chi connectivity index (χ1n) is 6.21. The van der Waals surface area contributed by atoms with Crippen molar-refractivity contribution in [3.63, 3.8) is 0 Å². The van der Waals surface area contributed by atoms with Gasteiger partial charge < -0.3 is 4.74 Å². The first-order chi connectivity index (χ1) is 7.67. The molecule has 0 atom stereocenters. The number of hydrogen-bond donors (Lipinski definition) is 0. The fourth-order valence-electron chi connectivity index (χ4n) is 3.13. The Labute approximate surface area is 103 Å². The lowest BCUT2D eigenvalue weighted by atomic mass is 9.63. The first kappa shape index (κ1) is 14.2. The van der Waals surface area contributed by atoms with Gasteiger partial charge in [-0.25, -0.2) is 4.79 Å². The summed E-state index contributed by atoms with van der Waals surface area (Å²) < 4.78 is 18.7. The molecule has 2 nitrogen and oxygen atoms in total. The fraction of sp³-hybridized carbons (Fsp3) is 0.786. The molecule has 0 saturated heterocycles. The van der Waals surface area contributed by atoms with Crippen LogP contribution < -0.4 is 0 Å². The van der Waals surface area contributed by atoms with Crippen LogP contribution in [0, 0.1) is 10.8 Å². The van der Waals surface area contributed by atoms with Gasteiger partial charge in [0.05, 0.1) is 6.61 Å². The lowest BCUT2D eigenvalue weighted by molar-refractivity contribution is -0.140. The minimum atomic E-state index is -0.809. The van der Waals surface area contributed by atoms with E-state index in [-0.39, 0.29) is 17.4 Å². The summed E-state index contributed by atoms with van der Waals surface area (Å²) in [5, 5.41) is 0. The molecule has 1 rings (SSSR count). The van der Waals surface area contributed by atoms with Crippen LogP contribution in [0.25, 0.3) is 0 Å². The highest BCUT2D eigenvalue weighted by atomic mass is 19.1. The van der Waals surface area contributed by atoms with Crippen molar-refractivity contribution in [2.75, 3.05) is 6.61 Å². The van der Waals surface area contributed by atoms with Crippen molar-refractivity contribution in [3.8, 4) is 0 Å². The average molecular weight is 242 g/mol. The number of carbonyl (C=O) groups excluding carboxylic acids is 1. The molecule has 0 N–H and O–H groups in total. The van der Waals surface area contributed by atoms with Gasteiger partial charge in [-0.1, -0.05) is 27.7 Å². The second-order valence-electron chi connectivity index (χ2n) is 6.50. The van der Waals surface area contributed by atoms with E-state index in [1.165, 1.54) is 0 Å². The maximum absolute atomic E-state index is 14.0. The number of allylic oxidation sites excluding steroid dienone is 1. The summed E-state index contributed by atoms with van der Waals surface area (Å²) in [6.45, 7) is 10.4. The predicted octanol–water partition coefficient (Wildman–Crippen LogP) is 4.01. The number of ether oxygens (including phenoxy) is 1.